The molecule has 0 saturated heterocycles. The summed E-state index contributed by atoms with van der Waals surface area (Å²) in [5.41, 5.74) is 0.267. The van der Waals surface area contributed by atoms with Gasteiger partial charge in [-0.1, -0.05) is 0 Å². The Morgan fingerprint density at radius 3 is 2.58 bits per heavy atom. The Morgan fingerprint density at radius 2 is 1.90 bits per heavy atom. The lowest BCUT2D eigenvalue weighted by Gasteiger charge is -2.26. The Labute approximate surface area is 181 Å². The van der Waals surface area contributed by atoms with Gasteiger partial charge in [-0.3, -0.25) is 4.57 Å². The highest BCUT2D eigenvalue weighted by Crippen LogP contribution is 2.53. The van der Waals surface area contributed by atoms with Crippen LogP contribution in [0.15, 0.2) is 74.0 Å². The standard InChI is InChI=1S/C22H16F4N2OS2/c23-17-1-3-18(4-2-17)31-12-15(13-5-6-30-11-13)10-28-20-14(9-27-21(28)29)7-16(8-19(20)31)22(24,25)26/h1-9,11,15,31H,10,12H2. The zero-order chi connectivity index (χ0) is 21.8. The van der Waals surface area contributed by atoms with Crippen molar-refractivity contribution in [2.75, 3.05) is 5.75 Å². The molecule has 5 rings (SSSR count). The van der Waals surface area contributed by atoms with Crippen molar-refractivity contribution >= 4 is 33.1 Å². The maximum Gasteiger partial charge on any atom is 0.416 e. The highest BCUT2D eigenvalue weighted by atomic mass is 32.2. The number of hydrogen-bond acceptors (Lipinski definition) is 3. The Bertz CT molecular complexity index is 1310. The van der Waals surface area contributed by atoms with Crippen LogP contribution in [0.5, 0.6) is 0 Å². The van der Waals surface area contributed by atoms with Gasteiger partial charge in [0.25, 0.3) is 0 Å². The number of thiol groups is 1. The average molecular weight is 465 g/mol. The Hall–Kier alpha value is -2.65. The van der Waals surface area contributed by atoms with E-state index in [0.717, 1.165) is 22.6 Å². The molecule has 3 heterocycles. The number of thiophene rings is 1. The van der Waals surface area contributed by atoms with E-state index in [-0.39, 0.29) is 11.3 Å². The molecule has 0 amide bonds. The molecule has 0 aliphatic carbocycles. The van der Waals surface area contributed by atoms with Crippen molar-refractivity contribution in [2.24, 2.45) is 0 Å². The van der Waals surface area contributed by atoms with Gasteiger partial charge in [0.1, 0.15) is 5.82 Å². The molecule has 1 aliphatic heterocycles. The Balaban J connectivity index is 1.82. The number of benzene rings is 2. The summed E-state index contributed by atoms with van der Waals surface area (Å²) in [4.78, 5) is 17.8. The summed E-state index contributed by atoms with van der Waals surface area (Å²) in [5.74, 6) is 0.0714. The molecule has 0 fully saturated rings. The molecule has 4 aromatic rings. The van der Waals surface area contributed by atoms with Crippen molar-refractivity contribution in [3.05, 3.63) is 86.8 Å². The van der Waals surface area contributed by atoms with E-state index in [9.17, 15) is 22.4 Å². The molecule has 2 unspecified atom stereocenters. The minimum Gasteiger partial charge on any atom is -0.290 e. The molecule has 160 valence electrons. The summed E-state index contributed by atoms with van der Waals surface area (Å²) in [6.45, 7) is 0.332. The summed E-state index contributed by atoms with van der Waals surface area (Å²) in [7, 11) is -1.28. The molecular weight excluding hydrogens is 448 g/mol. The van der Waals surface area contributed by atoms with Crippen LogP contribution in [0.4, 0.5) is 17.6 Å². The summed E-state index contributed by atoms with van der Waals surface area (Å²) in [6.07, 6.45) is -3.31. The molecule has 0 bridgehead atoms. The van der Waals surface area contributed by atoms with Crippen LogP contribution in [0.3, 0.4) is 0 Å². The largest absolute Gasteiger partial charge is 0.416 e. The number of hydrogen-bond donors (Lipinski definition) is 1. The van der Waals surface area contributed by atoms with E-state index in [2.05, 4.69) is 4.98 Å². The summed E-state index contributed by atoms with van der Waals surface area (Å²) in [6, 6.07) is 10.1. The summed E-state index contributed by atoms with van der Waals surface area (Å²) in [5, 5.41) is 4.22. The molecule has 1 aliphatic rings. The lowest BCUT2D eigenvalue weighted by atomic mass is 10.0. The third-order valence-corrected chi connectivity index (χ3v) is 8.86. The predicted octanol–water partition coefficient (Wildman–Crippen LogP) is 5.83. The molecule has 31 heavy (non-hydrogen) atoms. The van der Waals surface area contributed by atoms with Crippen LogP contribution < -0.4 is 5.69 Å². The molecule has 2 aromatic heterocycles. The molecule has 2 atom stereocenters. The van der Waals surface area contributed by atoms with E-state index < -0.39 is 34.1 Å². The van der Waals surface area contributed by atoms with Gasteiger partial charge in [0.2, 0.25) is 0 Å². The summed E-state index contributed by atoms with van der Waals surface area (Å²) < 4.78 is 56.1. The minimum atomic E-state index is -4.53. The second kappa shape index (κ2) is 7.49. The fourth-order valence-corrected chi connectivity index (χ4v) is 7.55. The number of nitrogens with zero attached hydrogens (tertiary/aromatic N) is 2. The van der Waals surface area contributed by atoms with Crippen LogP contribution in [0.1, 0.15) is 17.0 Å². The fraction of sp³-hybridized carbons (Fsp3) is 0.182. The van der Waals surface area contributed by atoms with E-state index in [0.29, 0.717) is 22.7 Å². The van der Waals surface area contributed by atoms with Crippen LogP contribution in [0, 0.1) is 5.82 Å². The highest BCUT2D eigenvalue weighted by molar-refractivity contribution is 8.17. The molecule has 0 spiro atoms. The van der Waals surface area contributed by atoms with Crippen LogP contribution in [-0.4, -0.2) is 15.3 Å². The molecule has 0 radical (unpaired) electrons. The van der Waals surface area contributed by atoms with Gasteiger partial charge < -0.3 is 0 Å². The lowest BCUT2D eigenvalue weighted by molar-refractivity contribution is -0.137. The molecular formula is C22H16F4N2OS2. The van der Waals surface area contributed by atoms with Crippen LogP contribution in [-0.2, 0) is 12.7 Å². The van der Waals surface area contributed by atoms with Crippen molar-refractivity contribution in [1.29, 1.82) is 0 Å². The molecule has 9 heteroatoms. The van der Waals surface area contributed by atoms with Crippen molar-refractivity contribution in [2.45, 2.75) is 28.4 Å². The maximum absolute atomic E-state index is 13.7. The lowest BCUT2D eigenvalue weighted by Crippen LogP contribution is -2.25. The average Bonchev–Trinajstić information content (AvgIpc) is 3.21. The first kappa shape index (κ1) is 20.3. The van der Waals surface area contributed by atoms with E-state index in [4.69, 9.17) is 0 Å². The third kappa shape index (κ3) is 3.65. The van der Waals surface area contributed by atoms with Crippen LogP contribution >= 0.6 is 22.2 Å². The van der Waals surface area contributed by atoms with E-state index >= 15 is 0 Å². The fourth-order valence-electron chi connectivity index (χ4n) is 4.04. The van der Waals surface area contributed by atoms with E-state index in [1.807, 2.05) is 16.8 Å². The first-order valence-electron chi connectivity index (χ1n) is 9.47. The second-order valence-electron chi connectivity index (χ2n) is 7.42. The van der Waals surface area contributed by atoms with Gasteiger partial charge in [0.05, 0.1) is 11.1 Å². The number of halogens is 4. The first-order chi connectivity index (χ1) is 14.8. The second-order valence-corrected chi connectivity index (χ2v) is 10.4. The molecule has 0 saturated carbocycles. The van der Waals surface area contributed by atoms with Crippen LogP contribution in [0.25, 0.3) is 10.9 Å². The summed E-state index contributed by atoms with van der Waals surface area (Å²) >= 11 is 1.53. The van der Waals surface area contributed by atoms with Crippen molar-refractivity contribution < 1.29 is 17.6 Å². The van der Waals surface area contributed by atoms with Gasteiger partial charge in [0.15, 0.2) is 0 Å². The smallest absolute Gasteiger partial charge is 0.290 e. The molecule has 3 nitrogen and oxygen atoms in total. The number of aromatic nitrogens is 2. The van der Waals surface area contributed by atoms with Gasteiger partial charge in [0, 0.05) is 28.9 Å². The monoisotopic (exact) mass is 464 g/mol. The molecule has 0 N–H and O–H groups in total. The topological polar surface area (TPSA) is 34.9 Å². The van der Waals surface area contributed by atoms with Gasteiger partial charge in [-0.2, -0.15) is 35.4 Å². The minimum absolute atomic E-state index is 0.0748. The van der Waals surface area contributed by atoms with Crippen molar-refractivity contribution in [1.82, 2.24) is 9.55 Å². The SMILES string of the molecule is O=c1ncc2cc(C(F)(F)F)cc3c2n1CC(c1ccsc1)C[SH]3c1ccc(F)cc1. The number of alkyl halides is 3. The van der Waals surface area contributed by atoms with Gasteiger partial charge in [-0.25, -0.2) is 14.2 Å². The third-order valence-electron chi connectivity index (χ3n) is 5.51. The zero-order valence-corrected chi connectivity index (χ0v) is 17.6. The highest BCUT2D eigenvalue weighted by Gasteiger charge is 2.34. The Kier molecular flexibility index (Phi) is 4.90. The Morgan fingerprint density at radius 1 is 1.13 bits per heavy atom. The normalized spacial score (nSPS) is 20.0. The van der Waals surface area contributed by atoms with E-state index in [1.54, 1.807) is 12.1 Å². The van der Waals surface area contributed by atoms with Gasteiger partial charge in [-0.15, -0.1) is 0 Å². The van der Waals surface area contributed by atoms with Crippen molar-refractivity contribution in [3.8, 4) is 0 Å². The first-order valence-corrected chi connectivity index (χ1v) is 11.9. The van der Waals surface area contributed by atoms with E-state index in [1.165, 1.54) is 34.2 Å². The maximum atomic E-state index is 13.7. The van der Waals surface area contributed by atoms with Gasteiger partial charge >= 0.3 is 11.9 Å². The zero-order valence-electron chi connectivity index (χ0n) is 15.9. The van der Waals surface area contributed by atoms with Crippen LogP contribution in [0.2, 0.25) is 0 Å². The molecule has 2 aromatic carbocycles. The number of rotatable bonds is 2. The predicted molar refractivity (Wildman–Crippen MR) is 115 cm³/mol. The van der Waals surface area contributed by atoms with Gasteiger partial charge in [-0.05, 0) is 69.4 Å². The van der Waals surface area contributed by atoms with Crippen molar-refractivity contribution in [3.63, 3.8) is 0 Å². The quantitative estimate of drug-likeness (QED) is 0.299.